The van der Waals surface area contributed by atoms with Crippen LogP contribution in [0.3, 0.4) is 0 Å². The molecule has 2 unspecified atom stereocenters. The van der Waals surface area contributed by atoms with Gasteiger partial charge in [-0.3, -0.25) is 9.62 Å². The fraction of sp³-hybridized carbons (Fsp3) is 0.394. The highest BCUT2D eigenvalue weighted by molar-refractivity contribution is 7.92. The monoisotopic (exact) mass is 670 g/mol. The summed E-state index contributed by atoms with van der Waals surface area (Å²) < 4.78 is 28.5. The number of nitrogens with two attached hydrogens (primary N) is 1. The van der Waals surface area contributed by atoms with E-state index in [0.29, 0.717) is 28.8 Å². The Labute approximate surface area is 278 Å². The average Bonchev–Trinajstić information content (AvgIpc) is 3.86. The number of piperazine rings is 1. The quantitative estimate of drug-likeness (QED) is 0.200. The number of aromatic nitrogens is 5. The molecule has 4 N–H and O–H groups in total. The minimum Gasteiger partial charge on any atom is -0.369 e. The van der Waals surface area contributed by atoms with Gasteiger partial charge in [0, 0.05) is 54.8 Å². The van der Waals surface area contributed by atoms with Crippen LogP contribution in [0.25, 0.3) is 27.4 Å². The Morgan fingerprint density at radius 2 is 1.77 bits per heavy atom. The second-order valence-corrected chi connectivity index (χ2v) is 15.7. The summed E-state index contributed by atoms with van der Waals surface area (Å²) in [5, 5.41) is 10.0. The van der Waals surface area contributed by atoms with Crippen LogP contribution in [0.4, 0.5) is 29.0 Å². The maximum atomic E-state index is 11.8. The maximum Gasteiger partial charge on any atom is 0.248 e. The number of thiophene rings is 1. The number of sulfonamides is 1. The van der Waals surface area contributed by atoms with E-state index in [2.05, 4.69) is 54.2 Å². The number of hydrogen-bond acceptors (Lipinski definition) is 11. The van der Waals surface area contributed by atoms with Crippen molar-refractivity contribution >= 4 is 60.5 Å². The van der Waals surface area contributed by atoms with Crippen molar-refractivity contribution in [3.8, 4) is 17.2 Å². The first kappa shape index (κ1) is 30.1. The number of benzene rings is 2. The Morgan fingerprint density at radius 1 is 0.957 bits per heavy atom. The summed E-state index contributed by atoms with van der Waals surface area (Å²) in [7, 11) is -3.44. The number of aryl methyl sites for hydroxylation is 1. The molecule has 0 radical (unpaired) electrons. The first-order chi connectivity index (χ1) is 22.7. The highest BCUT2D eigenvalue weighted by atomic mass is 32.2. The molecule has 3 aliphatic rings. The van der Waals surface area contributed by atoms with E-state index in [1.54, 1.807) is 18.2 Å². The van der Waals surface area contributed by atoms with Crippen molar-refractivity contribution in [2.75, 3.05) is 53.1 Å². The van der Waals surface area contributed by atoms with E-state index < -0.39 is 10.0 Å². The number of hydrogen-bond donors (Lipinski definition) is 3. The number of fused-ring (bicyclic) bond motifs is 3. The molecule has 5 aromatic rings. The van der Waals surface area contributed by atoms with Gasteiger partial charge in [-0.2, -0.15) is 9.67 Å². The second kappa shape index (κ2) is 11.8. The SMILES string of the molecule is Cc1csc2c(-n3nc(Nc4ccc(N5CCN([C@H]6CC7CCC6C7)CC5)cc4)nc3N)nc(-c3cccc(NS(C)(=O)=O)c3)nc12. The fourth-order valence-corrected chi connectivity index (χ4v) is 9.13. The Kier molecular flexibility index (Phi) is 7.53. The zero-order chi connectivity index (χ0) is 32.3. The molecule has 8 rings (SSSR count). The summed E-state index contributed by atoms with van der Waals surface area (Å²) in [6.07, 6.45) is 6.87. The summed E-state index contributed by atoms with van der Waals surface area (Å²) in [5.74, 6) is 3.38. The highest BCUT2D eigenvalue weighted by Crippen LogP contribution is 2.47. The van der Waals surface area contributed by atoms with Gasteiger partial charge in [-0.1, -0.05) is 18.6 Å². The van der Waals surface area contributed by atoms with Crippen molar-refractivity contribution in [3.63, 3.8) is 0 Å². The first-order valence-electron chi connectivity index (χ1n) is 16.1. The summed E-state index contributed by atoms with van der Waals surface area (Å²) in [4.78, 5) is 19.4. The molecular weight excluding hydrogens is 633 g/mol. The first-order valence-corrected chi connectivity index (χ1v) is 18.9. The van der Waals surface area contributed by atoms with E-state index >= 15 is 0 Å². The number of anilines is 5. The Hall–Kier alpha value is -4.27. The van der Waals surface area contributed by atoms with E-state index in [4.69, 9.17) is 15.7 Å². The predicted octanol–water partition coefficient (Wildman–Crippen LogP) is 5.26. The van der Waals surface area contributed by atoms with Crippen LogP contribution in [-0.2, 0) is 10.0 Å². The van der Waals surface area contributed by atoms with Crippen LogP contribution in [0.5, 0.6) is 0 Å². The number of rotatable bonds is 8. The molecule has 2 aliphatic carbocycles. The van der Waals surface area contributed by atoms with Gasteiger partial charge in [0.1, 0.15) is 0 Å². The zero-order valence-electron chi connectivity index (χ0n) is 26.4. The second-order valence-electron chi connectivity index (χ2n) is 13.1. The van der Waals surface area contributed by atoms with Crippen LogP contribution in [0, 0.1) is 18.8 Å². The van der Waals surface area contributed by atoms with Gasteiger partial charge < -0.3 is 16.0 Å². The molecule has 0 spiro atoms. The molecule has 2 aromatic carbocycles. The molecule has 3 fully saturated rings. The van der Waals surface area contributed by atoms with Gasteiger partial charge in [-0.05, 0) is 85.4 Å². The van der Waals surface area contributed by atoms with Crippen molar-refractivity contribution < 1.29 is 8.42 Å². The van der Waals surface area contributed by atoms with Gasteiger partial charge in [0.2, 0.25) is 21.9 Å². The summed E-state index contributed by atoms with van der Waals surface area (Å²) in [6.45, 7) is 6.37. The van der Waals surface area contributed by atoms with E-state index in [1.165, 1.54) is 47.4 Å². The van der Waals surface area contributed by atoms with E-state index in [9.17, 15) is 8.42 Å². The third-order valence-corrected chi connectivity index (χ3v) is 11.5. The lowest BCUT2D eigenvalue weighted by Crippen LogP contribution is -2.51. The Bertz CT molecular complexity index is 2050. The molecule has 2 bridgehead atoms. The smallest absolute Gasteiger partial charge is 0.248 e. The van der Waals surface area contributed by atoms with Crippen molar-refractivity contribution in [1.29, 1.82) is 0 Å². The summed E-state index contributed by atoms with van der Waals surface area (Å²) >= 11 is 1.51. The van der Waals surface area contributed by atoms with Crippen molar-refractivity contribution in [2.45, 2.75) is 38.6 Å². The van der Waals surface area contributed by atoms with Gasteiger partial charge in [-0.15, -0.1) is 16.4 Å². The average molecular weight is 671 g/mol. The van der Waals surface area contributed by atoms with Crippen LogP contribution in [0.15, 0.2) is 53.9 Å². The molecule has 244 valence electrons. The molecule has 2 saturated carbocycles. The van der Waals surface area contributed by atoms with Crippen LogP contribution in [0.2, 0.25) is 0 Å². The van der Waals surface area contributed by atoms with Gasteiger partial charge in [0.05, 0.1) is 16.5 Å². The summed E-state index contributed by atoms with van der Waals surface area (Å²) in [5.41, 5.74) is 11.3. The largest absolute Gasteiger partial charge is 0.369 e. The topological polar surface area (TPSA) is 147 Å². The minimum atomic E-state index is -3.44. The molecule has 1 saturated heterocycles. The number of nitrogens with zero attached hydrogens (tertiary/aromatic N) is 7. The van der Waals surface area contributed by atoms with Crippen molar-refractivity contribution in [1.82, 2.24) is 29.6 Å². The van der Waals surface area contributed by atoms with Gasteiger partial charge in [-0.25, -0.2) is 18.4 Å². The van der Waals surface area contributed by atoms with E-state index in [-0.39, 0.29) is 5.95 Å². The molecule has 14 heteroatoms. The molecule has 3 aromatic heterocycles. The fourth-order valence-electron chi connectivity index (χ4n) is 7.61. The lowest BCUT2D eigenvalue weighted by Gasteiger charge is -2.41. The van der Waals surface area contributed by atoms with Gasteiger partial charge in [0.15, 0.2) is 11.6 Å². The van der Waals surface area contributed by atoms with E-state index in [0.717, 1.165) is 71.8 Å². The van der Waals surface area contributed by atoms with Gasteiger partial charge in [0.25, 0.3) is 0 Å². The maximum absolute atomic E-state index is 11.8. The molecular formula is C33H38N10O2S2. The van der Waals surface area contributed by atoms with E-state index in [1.807, 2.05) is 18.4 Å². The predicted molar refractivity (Wildman–Crippen MR) is 188 cm³/mol. The lowest BCUT2D eigenvalue weighted by atomic mass is 9.93. The molecule has 1 aliphatic heterocycles. The zero-order valence-corrected chi connectivity index (χ0v) is 28.1. The number of nitrogens with one attached hydrogen (secondary N) is 2. The van der Waals surface area contributed by atoms with Gasteiger partial charge >= 0.3 is 0 Å². The van der Waals surface area contributed by atoms with Crippen LogP contribution >= 0.6 is 11.3 Å². The van der Waals surface area contributed by atoms with Crippen LogP contribution in [-0.4, -0.2) is 76.5 Å². The third kappa shape index (κ3) is 6.01. The lowest BCUT2D eigenvalue weighted by molar-refractivity contribution is 0.135. The van der Waals surface area contributed by atoms with Crippen LogP contribution < -0.4 is 20.7 Å². The highest BCUT2D eigenvalue weighted by Gasteiger charge is 2.42. The molecule has 47 heavy (non-hydrogen) atoms. The minimum absolute atomic E-state index is 0.182. The third-order valence-electron chi connectivity index (χ3n) is 9.80. The standard InChI is InChI=1S/C33H38N10O2S2/c1-20-19-46-29-28(20)36-30(23-4-3-5-25(18-23)40-47(2,44)45)37-31(29)43-32(34)38-33(39-43)35-24-8-10-26(11-9-24)41-12-14-42(15-13-41)27-17-21-6-7-22(27)16-21/h3-5,8-11,18-19,21-22,27,40H,6-7,12-17H2,1-2H3,(H3,34,35,38,39)/t21?,22?,27-/m0/s1. The molecule has 3 atom stereocenters. The summed E-state index contributed by atoms with van der Waals surface area (Å²) in [6, 6.07) is 16.2. The molecule has 0 amide bonds. The Morgan fingerprint density at radius 3 is 2.49 bits per heavy atom. The number of nitrogen functional groups attached to an aromatic ring is 1. The molecule has 4 heterocycles. The Balaban J connectivity index is 0.999. The molecule has 12 nitrogen and oxygen atoms in total. The normalized spacial score (nSPS) is 21.5. The van der Waals surface area contributed by atoms with Crippen molar-refractivity contribution in [3.05, 3.63) is 59.5 Å². The van der Waals surface area contributed by atoms with Crippen molar-refractivity contribution in [2.24, 2.45) is 11.8 Å². The van der Waals surface area contributed by atoms with Crippen LogP contribution in [0.1, 0.15) is 31.2 Å².